The molecule has 4 heteroatoms. The second-order valence-corrected chi connectivity index (χ2v) is 4.25. The average molecular weight is 217 g/mol. The Bertz CT molecular complexity index is 203. The van der Waals surface area contributed by atoms with Crippen molar-refractivity contribution in [3.8, 4) is 0 Å². The zero-order valence-corrected chi connectivity index (χ0v) is 9.25. The Balaban J connectivity index is 2.49. The van der Waals surface area contributed by atoms with Gasteiger partial charge in [0.05, 0.1) is 7.11 Å². The second kappa shape index (κ2) is 6.05. The summed E-state index contributed by atoms with van der Waals surface area (Å²) in [7, 11) is 1.24. The van der Waals surface area contributed by atoms with Gasteiger partial charge in [-0.3, -0.25) is 4.79 Å². The second-order valence-electron chi connectivity index (χ2n) is 4.25. The molecule has 3 nitrogen and oxygen atoms in total. The van der Waals surface area contributed by atoms with Crippen LogP contribution in [0.25, 0.3) is 0 Å². The number of esters is 1. The number of alkyl halides is 1. The fourth-order valence-corrected chi connectivity index (χ4v) is 2.19. The minimum absolute atomic E-state index is 0.0680. The Morgan fingerprint density at radius 2 is 1.87 bits per heavy atom. The topological polar surface area (TPSA) is 52.3 Å². The maximum atomic E-state index is 13.9. The van der Waals surface area contributed by atoms with Crippen LogP contribution < -0.4 is 5.73 Å². The number of carbonyl (C=O) groups is 1. The van der Waals surface area contributed by atoms with Crippen molar-refractivity contribution in [3.63, 3.8) is 0 Å². The molecule has 1 aliphatic carbocycles. The van der Waals surface area contributed by atoms with Crippen LogP contribution in [0.3, 0.4) is 0 Å². The van der Waals surface area contributed by atoms with Crippen molar-refractivity contribution in [2.75, 3.05) is 7.11 Å². The van der Waals surface area contributed by atoms with Gasteiger partial charge in [-0.2, -0.15) is 0 Å². The molecule has 0 aromatic heterocycles. The molecule has 2 atom stereocenters. The lowest BCUT2D eigenvalue weighted by atomic mass is 9.91. The SMILES string of the molecule is COC(=O)C(N)C(F)C1CCCCCC1. The van der Waals surface area contributed by atoms with Crippen LogP contribution in [0.1, 0.15) is 38.5 Å². The molecule has 0 amide bonds. The van der Waals surface area contributed by atoms with Crippen LogP contribution in [-0.2, 0) is 9.53 Å². The van der Waals surface area contributed by atoms with E-state index in [0.29, 0.717) is 0 Å². The Morgan fingerprint density at radius 1 is 1.33 bits per heavy atom. The van der Waals surface area contributed by atoms with Gasteiger partial charge in [0.1, 0.15) is 12.2 Å². The third-order valence-corrected chi connectivity index (χ3v) is 3.17. The number of halogens is 1. The first-order valence-electron chi connectivity index (χ1n) is 5.64. The highest BCUT2D eigenvalue weighted by Gasteiger charge is 2.32. The van der Waals surface area contributed by atoms with E-state index in [1.165, 1.54) is 7.11 Å². The first kappa shape index (κ1) is 12.4. The zero-order valence-electron chi connectivity index (χ0n) is 9.25. The molecule has 1 saturated carbocycles. The lowest BCUT2D eigenvalue weighted by Crippen LogP contribution is -2.44. The van der Waals surface area contributed by atoms with Crippen LogP contribution in [0.5, 0.6) is 0 Å². The predicted octanol–water partition coefficient (Wildman–Crippen LogP) is 1.80. The molecule has 88 valence electrons. The molecule has 0 radical (unpaired) electrons. The highest BCUT2D eigenvalue weighted by atomic mass is 19.1. The summed E-state index contributed by atoms with van der Waals surface area (Å²) in [4.78, 5) is 11.1. The largest absolute Gasteiger partial charge is 0.468 e. The van der Waals surface area contributed by atoms with Crippen molar-refractivity contribution >= 4 is 5.97 Å². The molecule has 1 rings (SSSR count). The minimum atomic E-state index is -1.25. The van der Waals surface area contributed by atoms with E-state index in [9.17, 15) is 9.18 Å². The van der Waals surface area contributed by atoms with Gasteiger partial charge in [-0.05, 0) is 18.8 Å². The molecule has 0 aromatic carbocycles. The zero-order chi connectivity index (χ0) is 11.3. The highest BCUT2D eigenvalue weighted by Crippen LogP contribution is 2.28. The van der Waals surface area contributed by atoms with Gasteiger partial charge in [0.25, 0.3) is 0 Å². The number of carbonyl (C=O) groups excluding carboxylic acids is 1. The molecule has 1 fully saturated rings. The lowest BCUT2D eigenvalue weighted by Gasteiger charge is -2.22. The van der Waals surface area contributed by atoms with Gasteiger partial charge in [0, 0.05) is 0 Å². The Hall–Kier alpha value is -0.640. The number of hydrogen-bond acceptors (Lipinski definition) is 3. The van der Waals surface area contributed by atoms with Gasteiger partial charge in [-0.1, -0.05) is 25.7 Å². The molecule has 0 bridgehead atoms. The fraction of sp³-hybridized carbons (Fsp3) is 0.909. The summed E-state index contributed by atoms with van der Waals surface area (Å²) in [6.45, 7) is 0. The lowest BCUT2D eigenvalue weighted by molar-refractivity contribution is -0.144. The van der Waals surface area contributed by atoms with Gasteiger partial charge in [-0.15, -0.1) is 0 Å². The van der Waals surface area contributed by atoms with Crippen molar-refractivity contribution in [3.05, 3.63) is 0 Å². The Morgan fingerprint density at radius 3 is 2.33 bits per heavy atom. The first-order chi connectivity index (χ1) is 7.16. The summed E-state index contributed by atoms with van der Waals surface area (Å²) in [6.07, 6.45) is 4.83. The number of rotatable bonds is 3. The van der Waals surface area contributed by atoms with E-state index in [-0.39, 0.29) is 5.92 Å². The quantitative estimate of drug-likeness (QED) is 0.579. The third-order valence-electron chi connectivity index (χ3n) is 3.17. The number of methoxy groups -OCH3 is 1. The molecule has 15 heavy (non-hydrogen) atoms. The normalized spacial score (nSPS) is 22.9. The molecule has 0 heterocycles. The molecule has 0 aliphatic heterocycles. The van der Waals surface area contributed by atoms with Crippen LogP contribution in [0, 0.1) is 5.92 Å². The average Bonchev–Trinajstić information content (AvgIpc) is 2.54. The maximum Gasteiger partial charge on any atom is 0.325 e. The molecule has 1 aliphatic rings. The van der Waals surface area contributed by atoms with Crippen LogP contribution in [0.2, 0.25) is 0 Å². The first-order valence-corrected chi connectivity index (χ1v) is 5.64. The van der Waals surface area contributed by atoms with Crippen molar-refractivity contribution in [2.45, 2.75) is 50.7 Å². The highest BCUT2D eigenvalue weighted by molar-refractivity contribution is 5.76. The number of ether oxygens (including phenoxy) is 1. The van der Waals surface area contributed by atoms with Crippen LogP contribution in [0.4, 0.5) is 4.39 Å². The Kier molecular flexibility index (Phi) is 5.02. The summed E-state index contributed by atoms with van der Waals surface area (Å²) in [5.74, 6) is -0.714. The van der Waals surface area contributed by atoms with E-state index in [2.05, 4.69) is 4.74 Å². The summed E-state index contributed by atoms with van der Waals surface area (Å²) < 4.78 is 18.3. The van der Waals surface area contributed by atoms with Crippen LogP contribution in [-0.4, -0.2) is 25.3 Å². The van der Waals surface area contributed by atoms with Crippen LogP contribution in [0.15, 0.2) is 0 Å². The van der Waals surface area contributed by atoms with Crippen molar-refractivity contribution in [1.29, 1.82) is 0 Å². The van der Waals surface area contributed by atoms with E-state index in [4.69, 9.17) is 5.73 Å². The van der Waals surface area contributed by atoms with E-state index in [1.54, 1.807) is 0 Å². The molecule has 0 saturated heterocycles. The van der Waals surface area contributed by atoms with E-state index >= 15 is 0 Å². The Labute approximate surface area is 90.2 Å². The van der Waals surface area contributed by atoms with E-state index in [1.807, 2.05) is 0 Å². The van der Waals surface area contributed by atoms with Gasteiger partial charge in [-0.25, -0.2) is 4.39 Å². The number of nitrogens with two attached hydrogens (primary N) is 1. The van der Waals surface area contributed by atoms with E-state index < -0.39 is 18.2 Å². The molecular formula is C11H20FNO2. The maximum absolute atomic E-state index is 13.9. The molecule has 0 aromatic rings. The van der Waals surface area contributed by atoms with Gasteiger partial charge in [0.2, 0.25) is 0 Å². The summed E-state index contributed by atoms with van der Waals surface area (Å²) in [5.41, 5.74) is 5.50. The minimum Gasteiger partial charge on any atom is -0.468 e. The molecule has 2 unspecified atom stereocenters. The van der Waals surface area contributed by atoms with Crippen molar-refractivity contribution in [1.82, 2.24) is 0 Å². The summed E-state index contributed by atoms with van der Waals surface area (Å²) in [5, 5.41) is 0. The van der Waals surface area contributed by atoms with Crippen LogP contribution >= 0.6 is 0 Å². The smallest absolute Gasteiger partial charge is 0.325 e. The molecule has 0 spiro atoms. The molecular weight excluding hydrogens is 197 g/mol. The number of hydrogen-bond donors (Lipinski definition) is 1. The van der Waals surface area contributed by atoms with Crippen molar-refractivity contribution < 1.29 is 13.9 Å². The van der Waals surface area contributed by atoms with Gasteiger partial charge < -0.3 is 10.5 Å². The fourth-order valence-electron chi connectivity index (χ4n) is 2.19. The predicted molar refractivity (Wildman–Crippen MR) is 56.1 cm³/mol. The summed E-state index contributed by atoms with van der Waals surface area (Å²) in [6, 6.07) is -1.11. The third kappa shape index (κ3) is 3.45. The van der Waals surface area contributed by atoms with Crippen molar-refractivity contribution in [2.24, 2.45) is 11.7 Å². The van der Waals surface area contributed by atoms with E-state index in [0.717, 1.165) is 38.5 Å². The molecule has 2 N–H and O–H groups in total. The standard InChI is InChI=1S/C11H20FNO2/c1-15-11(14)10(13)9(12)8-6-4-2-3-5-7-8/h8-10H,2-7,13H2,1H3. The van der Waals surface area contributed by atoms with Gasteiger partial charge >= 0.3 is 5.97 Å². The van der Waals surface area contributed by atoms with Gasteiger partial charge in [0.15, 0.2) is 0 Å². The summed E-state index contributed by atoms with van der Waals surface area (Å²) >= 11 is 0. The monoisotopic (exact) mass is 217 g/mol.